The van der Waals surface area contributed by atoms with Gasteiger partial charge in [-0.25, -0.2) is 4.57 Å². The van der Waals surface area contributed by atoms with E-state index >= 15 is 0 Å². The maximum atomic E-state index is 9.44. The van der Waals surface area contributed by atoms with Crippen molar-refractivity contribution in [1.82, 2.24) is 0 Å². The second kappa shape index (κ2) is 6.01. The number of aryl methyl sites for hydroxylation is 3. The van der Waals surface area contributed by atoms with Crippen LogP contribution in [0.4, 0.5) is 0 Å². The Bertz CT molecular complexity index is 1020. The van der Waals surface area contributed by atoms with E-state index in [1.807, 2.05) is 13.8 Å². The van der Waals surface area contributed by atoms with Gasteiger partial charge in [0.05, 0.1) is 11.5 Å². The molecule has 2 aromatic carbocycles. The number of hydrogen-bond donors (Lipinski definition) is 0. The van der Waals surface area contributed by atoms with Gasteiger partial charge in [-0.15, -0.1) is 0 Å². The first-order valence-corrected chi connectivity index (χ1v) is 8.66. The third kappa shape index (κ3) is 3.03. The molecule has 0 unspecified atom stereocenters. The van der Waals surface area contributed by atoms with E-state index in [1.165, 1.54) is 38.7 Å². The number of benzene rings is 2. The van der Waals surface area contributed by atoms with Crippen molar-refractivity contribution in [3.63, 3.8) is 0 Å². The second-order valence-corrected chi connectivity index (χ2v) is 7.60. The molecule has 1 heterocycles. The first-order chi connectivity index (χ1) is 11.7. The standard InChI is InChI=1S/C23H25N2/c1-15-9-16(2)17(3)21(10-15)22-12-19-11-20(23(4,5)14-24)8-7-18(19)13-25(22)6/h7-13H,1-6H3/q+1. The Kier molecular flexibility index (Phi) is 4.13. The summed E-state index contributed by atoms with van der Waals surface area (Å²) >= 11 is 0. The van der Waals surface area contributed by atoms with E-state index in [9.17, 15) is 5.26 Å². The molecule has 2 heteroatoms. The highest BCUT2D eigenvalue weighted by atomic mass is 14.9. The highest BCUT2D eigenvalue weighted by molar-refractivity contribution is 5.85. The molecule has 3 rings (SSSR count). The summed E-state index contributed by atoms with van der Waals surface area (Å²) in [6.45, 7) is 10.4. The zero-order valence-electron chi connectivity index (χ0n) is 15.9. The van der Waals surface area contributed by atoms with Crippen molar-refractivity contribution in [1.29, 1.82) is 5.26 Å². The summed E-state index contributed by atoms with van der Waals surface area (Å²) in [6.07, 6.45) is 2.17. The molecule has 0 saturated heterocycles. The molecule has 0 radical (unpaired) electrons. The number of fused-ring (bicyclic) bond motifs is 1. The topological polar surface area (TPSA) is 27.7 Å². The molecular formula is C23H25N2+. The summed E-state index contributed by atoms with van der Waals surface area (Å²) in [5.74, 6) is 0. The van der Waals surface area contributed by atoms with Crippen LogP contribution in [0.15, 0.2) is 42.6 Å². The Balaban J connectivity index is 2.27. The van der Waals surface area contributed by atoms with Gasteiger partial charge in [0.25, 0.3) is 0 Å². The summed E-state index contributed by atoms with van der Waals surface area (Å²) < 4.78 is 2.19. The normalized spacial score (nSPS) is 11.6. The average molecular weight is 329 g/mol. The highest BCUT2D eigenvalue weighted by Gasteiger charge is 2.21. The maximum absolute atomic E-state index is 9.44. The molecular weight excluding hydrogens is 304 g/mol. The smallest absolute Gasteiger partial charge is 0.200 e. The van der Waals surface area contributed by atoms with Crippen LogP contribution in [0.1, 0.15) is 36.1 Å². The van der Waals surface area contributed by atoms with E-state index in [-0.39, 0.29) is 0 Å². The third-order valence-electron chi connectivity index (χ3n) is 5.18. The van der Waals surface area contributed by atoms with Crippen molar-refractivity contribution in [2.75, 3.05) is 0 Å². The molecule has 3 aromatic rings. The summed E-state index contributed by atoms with van der Waals surface area (Å²) in [4.78, 5) is 0. The number of nitrogens with zero attached hydrogens (tertiary/aromatic N) is 2. The lowest BCUT2D eigenvalue weighted by molar-refractivity contribution is -0.659. The van der Waals surface area contributed by atoms with Crippen molar-refractivity contribution in [2.45, 2.75) is 40.0 Å². The van der Waals surface area contributed by atoms with Crippen LogP contribution in [-0.2, 0) is 12.5 Å². The van der Waals surface area contributed by atoms with Gasteiger partial charge in [0.15, 0.2) is 6.20 Å². The molecule has 0 atom stereocenters. The van der Waals surface area contributed by atoms with Gasteiger partial charge < -0.3 is 0 Å². The molecule has 0 bridgehead atoms. The minimum absolute atomic E-state index is 0.484. The van der Waals surface area contributed by atoms with E-state index < -0.39 is 5.41 Å². The zero-order chi connectivity index (χ0) is 18.4. The number of pyridine rings is 1. The minimum atomic E-state index is -0.484. The average Bonchev–Trinajstić information content (AvgIpc) is 2.57. The summed E-state index contributed by atoms with van der Waals surface area (Å²) in [5.41, 5.74) is 6.94. The summed E-state index contributed by atoms with van der Waals surface area (Å²) in [6, 6.07) is 15.5. The molecule has 0 aliphatic carbocycles. The molecule has 0 N–H and O–H groups in total. The fourth-order valence-electron chi connectivity index (χ4n) is 3.37. The number of rotatable bonds is 2. The predicted octanol–water partition coefficient (Wildman–Crippen LogP) is 5.06. The van der Waals surface area contributed by atoms with Gasteiger partial charge in [-0.05, 0) is 74.9 Å². The van der Waals surface area contributed by atoms with E-state index in [0.29, 0.717) is 0 Å². The van der Waals surface area contributed by atoms with E-state index in [4.69, 9.17) is 0 Å². The van der Waals surface area contributed by atoms with Crippen LogP contribution >= 0.6 is 0 Å². The fourth-order valence-corrected chi connectivity index (χ4v) is 3.37. The Morgan fingerprint density at radius 2 is 1.68 bits per heavy atom. The Hall–Kier alpha value is -2.66. The monoisotopic (exact) mass is 329 g/mol. The largest absolute Gasteiger partial charge is 0.213 e. The van der Waals surface area contributed by atoms with Gasteiger partial charge in [-0.1, -0.05) is 17.7 Å². The number of hydrogen-bond acceptors (Lipinski definition) is 1. The lowest BCUT2D eigenvalue weighted by Gasteiger charge is -2.16. The van der Waals surface area contributed by atoms with Crippen LogP contribution in [0.3, 0.4) is 0 Å². The first kappa shape index (κ1) is 17.2. The van der Waals surface area contributed by atoms with Crippen molar-refractivity contribution < 1.29 is 4.57 Å². The lowest BCUT2D eigenvalue weighted by atomic mass is 9.85. The van der Waals surface area contributed by atoms with Crippen LogP contribution in [-0.4, -0.2) is 0 Å². The van der Waals surface area contributed by atoms with Crippen molar-refractivity contribution in [2.24, 2.45) is 7.05 Å². The lowest BCUT2D eigenvalue weighted by Crippen LogP contribution is -2.30. The minimum Gasteiger partial charge on any atom is -0.200 e. The molecule has 2 nitrogen and oxygen atoms in total. The highest BCUT2D eigenvalue weighted by Crippen LogP contribution is 2.29. The molecule has 0 aliphatic rings. The van der Waals surface area contributed by atoms with Gasteiger partial charge in [-0.2, -0.15) is 5.26 Å². The third-order valence-corrected chi connectivity index (χ3v) is 5.18. The molecule has 126 valence electrons. The fraction of sp³-hybridized carbons (Fsp3) is 0.304. The Morgan fingerprint density at radius 3 is 2.36 bits per heavy atom. The molecule has 0 saturated carbocycles. The van der Waals surface area contributed by atoms with E-state index in [1.54, 1.807) is 0 Å². The summed E-state index contributed by atoms with van der Waals surface area (Å²) in [7, 11) is 2.10. The zero-order valence-corrected chi connectivity index (χ0v) is 15.9. The quantitative estimate of drug-likeness (QED) is 0.604. The van der Waals surface area contributed by atoms with Crippen LogP contribution in [0.25, 0.3) is 22.0 Å². The van der Waals surface area contributed by atoms with Crippen molar-refractivity contribution in [3.8, 4) is 17.3 Å². The van der Waals surface area contributed by atoms with Crippen molar-refractivity contribution >= 4 is 10.8 Å². The maximum Gasteiger partial charge on any atom is 0.213 e. The number of nitriles is 1. The van der Waals surface area contributed by atoms with E-state index in [2.05, 4.69) is 81.1 Å². The van der Waals surface area contributed by atoms with Gasteiger partial charge in [0, 0.05) is 17.0 Å². The predicted molar refractivity (Wildman–Crippen MR) is 103 cm³/mol. The van der Waals surface area contributed by atoms with Crippen LogP contribution in [0.2, 0.25) is 0 Å². The summed E-state index contributed by atoms with van der Waals surface area (Å²) in [5, 5.41) is 11.8. The number of aromatic nitrogens is 1. The molecule has 0 fully saturated rings. The Morgan fingerprint density at radius 1 is 0.960 bits per heavy atom. The van der Waals surface area contributed by atoms with Crippen LogP contribution in [0, 0.1) is 32.1 Å². The molecule has 0 amide bonds. The Labute approximate surface area is 150 Å². The SMILES string of the molecule is Cc1cc(C)c(C)c(-c2cc3cc(C(C)(C)C#N)ccc3c[n+]2C)c1. The van der Waals surface area contributed by atoms with E-state index in [0.717, 1.165) is 5.56 Å². The molecule has 25 heavy (non-hydrogen) atoms. The molecule has 0 spiro atoms. The first-order valence-electron chi connectivity index (χ1n) is 8.66. The van der Waals surface area contributed by atoms with Gasteiger partial charge in [-0.3, -0.25) is 0 Å². The molecule has 1 aromatic heterocycles. The second-order valence-electron chi connectivity index (χ2n) is 7.60. The molecule has 0 aliphatic heterocycles. The van der Waals surface area contributed by atoms with Gasteiger partial charge in [0.2, 0.25) is 5.69 Å². The van der Waals surface area contributed by atoms with Crippen molar-refractivity contribution in [3.05, 3.63) is 64.8 Å². The van der Waals surface area contributed by atoms with Crippen LogP contribution < -0.4 is 4.57 Å². The van der Waals surface area contributed by atoms with Gasteiger partial charge >= 0.3 is 0 Å². The van der Waals surface area contributed by atoms with Crippen LogP contribution in [0.5, 0.6) is 0 Å². The van der Waals surface area contributed by atoms with Gasteiger partial charge in [0.1, 0.15) is 7.05 Å².